The fourth-order valence-electron chi connectivity index (χ4n) is 1.02. The molecule has 6 heteroatoms. The van der Waals surface area contributed by atoms with Gasteiger partial charge >= 0.3 is 5.97 Å². The van der Waals surface area contributed by atoms with E-state index in [9.17, 15) is 14.0 Å². The summed E-state index contributed by atoms with van der Waals surface area (Å²) in [4.78, 5) is 20.9. The van der Waals surface area contributed by atoms with E-state index in [1.165, 1.54) is 19.1 Å². The maximum atomic E-state index is 13.3. The first kappa shape index (κ1) is 12.0. The molecule has 2 N–H and O–H groups in total. The van der Waals surface area contributed by atoms with Gasteiger partial charge in [-0.05, 0) is 12.1 Å². The van der Waals surface area contributed by atoms with E-state index < -0.39 is 24.3 Å². The summed E-state index contributed by atoms with van der Waals surface area (Å²) in [6, 6.07) is 3.68. The molecule has 1 aromatic rings. The van der Waals surface area contributed by atoms with Gasteiger partial charge in [0.25, 0.3) is 0 Å². The molecule has 0 saturated heterocycles. The van der Waals surface area contributed by atoms with Gasteiger partial charge in [-0.1, -0.05) is 0 Å². The highest BCUT2D eigenvalue weighted by Crippen LogP contribution is 2.20. The van der Waals surface area contributed by atoms with Crippen molar-refractivity contribution in [1.29, 1.82) is 0 Å². The van der Waals surface area contributed by atoms with E-state index in [4.69, 9.17) is 9.84 Å². The van der Waals surface area contributed by atoms with Crippen molar-refractivity contribution in [2.75, 3.05) is 11.9 Å². The summed E-state index contributed by atoms with van der Waals surface area (Å²) in [7, 11) is 0. The third-order valence-electron chi connectivity index (χ3n) is 1.61. The molecule has 0 aliphatic heterocycles. The van der Waals surface area contributed by atoms with Crippen molar-refractivity contribution in [2.24, 2.45) is 0 Å². The molecule has 16 heavy (non-hydrogen) atoms. The molecule has 0 saturated carbocycles. The van der Waals surface area contributed by atoms with Gasteiger partial charge in [0.1, 0.15) is 11.6 Å². The highest BCUT2D eigenvalue weighted by Gasteiger charge is 2.06. The number of anilines is 1. The topological polar surface area (TPSA) is 75.6 Å². The number of rotatable bonds is 4. The molecular formula is C10H10FNO4. The van der Waals surface area contributed by atoms with Crippen LogP contribution in [0.2, 0.25) is 0 Å². The van der Waals surface area contributed by atoms with E-state index in [1.54, 1.807) is 0 Å². The molecule has 0 unspecified atom stereocenters. The number of amides is 1. The van der Waals surface area contributed by atoms with E-state index >= 15 is 0 Å². The second-order valence-corrected chi connectivity index (χ2v) is 3.01. The van der Waals surface area contributed by atoms with Crippen LogP contribution in [0.3, 0.4) is 0 Å². The van der Waals surface area contributed by atoms with Crippen LogP contribution in [0.15, 0.2) is 18.2 Å². The van der Waals surface area contributed by atoms with E-state index in [0.717, 1.165) is 6.07 Å². The molecule has 0 bridgehead atoms. The predicted octanol–water partition coefficient (Wildman–Crippen LogP) is 1.25. The molecular weight excluding hydrogens is 217 g/mol. The van der Waals surface area contributed by atoms with Crippen LogP contribution in [-0.4, -0.2) is 23.6 Å². The van der Waals surface area contributed by atoms with Gasteiger partial charge in [-0.25, -0.2) is 9.18 Å². The van der Waals surface area contributed by atoms with Gasteiger partial charge in [-0.2, -0.15) is 0 Å². The first-order chi connectivity index (χ1) is 7.49. The number of carboxylic acids is 1. The van der Waals surface area contributed by atoms with Crippen LogP contribution in [0.25, 0.3) is 0 Å². The number of carbonyl (C=O) groups excluding carboxylic acids is 1. The van der Waals surface area contributed by atoms with Gasteiger partial charge < -0.3 is 15.2 Å². The lowest BCUT2D eigenvalue weighted by atomic mass is 10.3. The normalized spacial score (nSPS) is 9.62. The van der Waals surface area contributed by atoms with Gasteiger partial charge in [0, 0.05) is 13.0 Å². The highest BCUT2D eigenvalue weighted by atomic mass is 19.1. The Balaban J connectivity index is 2.74. The van der Waals surface area contributed by atoms with Crippen LogP contribution in [0.5, 0.6) is 5.75 Å². The van der Waals surface area contributed by atoms with Gasteiger partial charge in [0.2, 0.25) is 5.91 Å². The summed E-state index contributed by atoms with van der Waals surface area (Å²) in [5, 5.41) is 10.6. The maximum Gasteiger partial charge on any atom is 0.341 e. The smallest absolute Gasteiger partial charge is 0.341 e. The van der Waals surface area contributed by atoms with Crippen molar-refractivity contribution < 1.29 is 23.8 Å². The quantitative estimate of drug-likeness (QED) is 0.811. The van der Waals surface area contributed by atoms with Crippen LogP contribution >= 0.6 is 0 Å². The van der Waals surface area contributed by atoms with E-state index in [2.05, 4.69) is 5.32 Å². The number of ether oxygens (including phenoxy) is 1. The minimum atomic E-state index is -1.15. The van der Waals surface area contributed by atoms with E-state index in [1.807, 2.05) is 0 Å². The van der Waals surface area contributed by atoms with Crippen LogP contribution < -0.4 is 10.1 Å². The van der Waals surface area contributed by atoms with Crippen molar-refractivity contribution in [3.05, 3.63) is 24.0 Å². The first-order valence-corrected chi connectivity index (χ1v) is 4.41. The Morgan fingerprint density at radius 3 is 2.69 bits per heavy atom. The standard InChI is InChI=1S/C10H10FNO4/c1-6(13)12-9-3-2-7(4-8(9)11)16-5-10(14)15/h2-4H,5H2,1H3,(H,12,13)(H,14,15). The Morgan fingerprint density at radius 1 is 1.50 bits per heavy atom. The lowest BCUT2D eigenvalue weighted by molar-refractivity contribution is -0.139. The molecule has 0 atom stereocenters. The van der Waals surface area contributed by atoms with Gasteiger partial charge in [0.05, 0.1) is 5.69 Å². The molecule has 86 valence electrons. The summed E-state index contributed by atoms with van der Waals surface area (Å²) in [5.74, 6) is -2.13. The van der Waals surface area contributed by atoms with Crippen molar-refractivity contribution in [3.63, 3.8) is 0 Å². The summed E-state index contributed by atoms with van der Waals surface area (Å²) < 4.78 is 18.0. The average molecular weight is 227 g/mol. The second-order valence-electron chi connectivity index (χ2n) is 3.01. The number of benzene rings is 1. The Labute approximate surface area is 90.8 Å². The number of nitrogens with one attached hydrogen (secondary N) is 1. The van der Waals surface area contributed by atoms with Crippen molar-refractivity contribution in [1.82, 2.24) is 0 Å². The number of halogens is 1. The Kier molecular flexibility index (Phi) is 3.82. The van der Waals surface area contributed by atoms with Crippen molar-refractivity contribution >= 4 is 17.6 Å². The highest BCUT2D eigenvalue weighted by molar-refractivity contribution is 5.88. The van der Waals surface area contributed by atoms with E-state index in [0.29, 0.717) is 0 Å². The van der Waals surface area contributed by atoms with Crippen LogP contribution in [0.4, 0.5) is 10.1 Å². The van der Waals surface area contributed by atoms with Crippen molar-refractivity contribution in [3.8, 4) is 5.75 Å². The lowest BCUT2D eigenvalue weighted by Crippen LogP contribution is -2.10. The average Bonchev–Trinajstić information content (AvgIpc) is 2.18. The molecule has 0 heterocycles. The number of aliphatic carboxylic acids is 1. The first-order valence-electron chi connectivity index (χ1n) is 4.41. The van der Waals surface area contributed by atoms with Crippen molar-refractivity contribution in [2.45, 2.75) is 6.92 Å². The zero-order chi connectivity index (χ0) is 12.1. The van der Waals surface area contributed by atoms with Crippen LogP contribution in [0, 0.1) is 5.82 Å². The van der Waals surface area contributed by atoms with E-state index in [-0.39, 0.29) is 11.4 Å². The largest absolute Gasteiger partial charge is 0.482 e. The molecule has 1 aromatic carbocycles. The molecule has 0 radical (unpaired) electrons. The van der Waals surface area contributed by atoms with Crippen LogP contribution in [0.1, 0.15) is 6.92 Å². The summed E-state index contributed by atoms with van der Waals surface area (Å²) in [5.41, 5.74) is 0.0233. The summed E-state index contributed by atoms with van der Waals surface area (Å²) in [6.45, 7) is 0.715. The Bertz CT molecular complexity index is 419. The Morgan fingerprint density at radius 2 is 2.19 bits per heavy atom. The summed E-state index contributed by atoms with van der Waals surface area (Å²) >= 11 is 0. The zero-order valence-electron chi connectivity index (χ0n) is 8.49. The number of hydrogen-bond donors (Lipinski definition) is 2. The van der Waals surface area contributed by atoms with Crippen LogP contribution in [-0.2, 0) is 9.59 Å². The number of carbonyl (C=O) groups is 2. The minimum absolute atomic E-state index is 0.0233. The Hall–Kier alpha value is -2.11. The summed E-state index contributed by atoms with van der Waals surface area (Å²) in [6.07, 6.45) is 0. The fraction of sp³-hybridized carbons (Fsp3) is 0.200. The molecule has 0 fully saturated rings. The lowest BCUT2D eigenvalue weighted by Gasteiger charge is -2.06. The molecule has 0 spiro atoms. The number of carboxylic acid groups (broad SMARTS) is 1. The third-order valence-corrected chi connectivity index (χ3v) is 1.61. The minimum Gasteiger partial charge on any atom is -0.482 e. The third kappa shape index (κ3) is 3.56. The van der Waals surface area contributed by atoms with Gasteiger partial charge in [-0.15, -0.1) is 0 Å². The SMILES string of the molecule is CC(=O)Nc1ccc(OCC(=O)O)cc1F. The predicted molar refractivity (Wildman–Crippen MR) is 53.8 cm³/mol. The monoisotopic (exact) mass is 227 g/mol. The molecule has 1 rings (SSSR count). The second kappa shape index (κ2) is 5.11. The molecule has 1 amide bonds. The molecule has 0 aliphatic carbocycles. The fourth-order valence-corrected chi connectivity index (χ4v) is 1.02. The van der Waals surface area contributed by atoms with Gasteiger partial charge in [-0.3, -0.25) is 4.79 Å². The van der Waals surface area contributed by atoms with Gasteiger partial charge in [0.15, 0.2) is 6.61 Å². The molecule has 0 aromatic heterocycles. The molecule has 5 nitrogen and oxygen atoms in total. The zero-order valence-corrected chi connectivity index (χ0v) is 8.49. The number of hydrogen-bond acceptors (Lipinski definition) is 3. The molecule has 0 aliphatic rings. The maximum absolute atomic E-state index is 13.3.